The van der Waals surface area contributed by atoms with Crippen LogP contribution in [0.3, 0.4) is 0 Å². The van der Waals surface area contributed by atoms with Crippen LogP contribution in [0.1, 0.15) is 32.6 Å². The van der Waals surface area contributed by atoms with Gasteiger partial charge in [0.15, 0.2) is 0 Å². The lowest BCUT2D eigenvalue weighted by Gasteiger charge is -2.03. The molecule has 0 aromatic heterocycles. The zero-order chi connectivity index (χ0) is 7.11. The molecule has 0 saturated heterocycles. The van der Waals surface area contributed by atoms with E-state index in [0.717, 1.165) is 25.9 Å². The Hall–Kier alpha value is -0.0800. The monoisotopic (exact) mass is 131 g/mol. The Labute approximate surface area is 56.5 Å². The maximum Gasteiger partial charge on any atom is 0.108 e. The molecule has 9 heavy (non-hydrogen) atoms. The summed E-state index contributed by atoms with van der Waals surface area (Å²) in [5.74, 6) is 0. The van der Waals surface area contributed by atoms with Crippen molar-refractivity contribution in [3.8, 4) is 0 Å². The maximum atomic E-state index is 8.78. The molecule has 0 bridgehead atoms. The van der Waals surface area contributed by atoms with E-state index < -0.39 is 6.10 Å². The van der Waals surface area contributed by atoms with Crippen LogP contribution in [0.25, 0.3) is 0 Å². The minimum Gasteiger partial charge on any atom is -0.390 e. The van der Waals surface area contributed by atoms with Crippen LogP contribution in [-0.4, -0.2) is 16.3 Å². The SMILES string of the molecule is CCCCCC(O)[CH]O. The lowest BCUT2D eigenvalue weighted by atomic mass is 10.1. The fourth-order valence-corrected chi connectivity index (χ4v) is 0.678. The number of hydrogen-bond donors (Lipinski definition) is 2. The lowest BCUT2D eigenvalue weighted by Crippen LogP contribution is -2.05. The summed E-state index contributed by atoms with van der Waals surface area (Å²) >= 11 is 0. The third-order valence-electron chi connectivity index (χ3n) is 1.28. The average molecular weight is 131 g/mol. The predicted octanol–water partition coefficient (Wildman–Crippen LogP) is 1.46. The Morgan fingerprint density at radius 1 is 1.44 bits per heavy atom. The number of rotatable bonds is 5. The summed E-state index contributed by atoms with van der Waals surface area (Å²) in [6.07, 6.45) is 3.35. The van der Waals surface area contributed by atoms with Crippen molar-refractivity contribution >= 4 is 0 Å². The number of hydrogen-bond acceptors (Lipinski definition) is 2. The molecule has 0 rings (SSSR count). The van der Waals surface area contributed by atoms with Crippen LogP contribution >= 0.6 is 0 Å². The van der Waals surface area contributed by atoms with Crippen LogP contribution in [0.4, 0.5) is 0 Å². The molecule has 2 heteroatoms. The van der Waals surface area contributed by atoms with E-state index in [1.165, 1.54) is 0 Å². The van der Waals surface area contributed by atoms with Crippen LogP contribution in [0.5, 0.6) is 0 Å². The molecule has 2 N–H and O–H groups in total. The van der Waals surface area contributed by atoms with Crippen LogP contribution in [-0.2, 0) is 0 Å². The van der Waals surface area contributed by atoms with E-state index >= 15 is 0 Å². The quantitative estimate of drug-likeness (QED) is 0.554. The number of aliphatic hydroxyl groups excluding tert-OH is 2. The standard InChI is InChI=1S/C7H15O2/c1-2-3-4-5-7(9)6-8/h6-9H,2-5H2,1H3. The van der Waals surface area contributed by atoms with Gasteiger partial charge in [-0.2, -0.15) is 0 Å². The highest BCUT2D eigenvalue weighted by Gasteiger charge is 1.99. The van der Waals surface area contributed by atoms with Crippen LogP contribution in [0, 0.1) is 6.61 Å². The van der Waals surface area contributed by atoms with E-state index in [1.54, 1.807) is 0 Å². The molecule has 2 nitrogen and oxygen atoms in total. The van der Waals surface area contributed by atoms with Crippen molar-refractivity contribution in [1.29, 1.82) is 0 Å². The minimum absolute atomic E-state index is 0.614. The first-order valence-electron chi connectivity index (χ1n) is 3.47. The second-order valence-corrected chi connectivity index (χ2v) is 2.21. The molecule has 1 unspecified atom stereocenters. The zero-order valence-corrected chi connectivity index (χ0v) is 5.88. The third-order valence-corrected chi connectivity index (χ3v) is 1.28. The van der Waals surface area contributed by atoms with Crippen molar-refractivity contribution in [3.63, 3.8) is 0 Å². The topological polar surface area (TPSA) is 40.5 Å². The summed E-state index contributed by atoms with van der Waals surface area (Å²) in [7, 11) is 0. The molecule has 1 radical (unpaired) electrons. The molecule has 0 fully saturated rings. The molecule has 1 atom stereocenters. The first-order valence-corrected chi connectivity index (χ1v) is 3.47. The van der Waals surface area contributed by atoms with Gasteiger partial charge in [-0.25, -0.2) is 0 Å². The van der Waals surface area contributed by atoms with Gasteiger partial charge in [0.2, 0.25) is 0 Å². The second kappa shape index (κ2) is 6.05. The van der Waals surface area contributed by atoms with Gasteiger partial charge in [-0.15, -0.1) is 0 Å². The first-order chi connectivity index (χ1) is 4.31. The Morgan fingerprint density at radius 3 is 2.56 bits per heavy atom. The smallest absolute Gasteiger partial charge is 0.108 e. The van der Waals surface area contributed by atoms with Gasteiger partial charge in [-0.05, 0) is 6.42 Å². The normalized spacial score (nSPS) is 13.7. The fraction of sp³-hybridized carbons (Fsp3) is 0.857. The van der Waals surface area contributed by atoms with Crippen molar-refractivity contribution in [2.75, 3.05) is 0 Å². The fourth-order valence-electron chi connectivity index (χ4n) is 0.678. The van der Waals surface area contributed by atoms with E-state index in [2.05, 4.69) is 6.92 Å². The molecule has 0 saturated carbocycles. The highest BCUT2D eigenvalue weighted by atomic mass is 16.3. The van der Waals surface area contributed by atoms with Gasteiger partial charge < -0.3 is 10.2 Å². The zero-order valence-electron chi connectivity index (χ0n) is 5.88. The highest BCUT2D eigenvalue weighted by Crippen LogP contribution is 2.03. The van der Waals surface area contributed by atoms with Gasteiger partial charge in [0.25, 0.3) is 0 Å². The Morgan fingerprint density at radius 2 is 2.11 bits per heavy atom. The first kappa shape index (κ1) is 8.92. The summed E-state index contributed by atoms with van der Waals surface area (Å²) in [5, 5.41) is 17.0. The van der Waals surface area contributed by atoms with Gasteiger partial charge in [0.05, 0.1) is 6.10 Å². The Bertz CT molecular complexity index is 54.9. The number of aliphatic hydroxyl groups is 2. The number of unbranched alkanes of at least 4 members (excludes halogenated alkanes) is 2. The summed E-state index contributed by atoms with van der Waals surface area (Å²) in [4.78, 5) is 0. The van der Waals surface area contributed by atoms with E-state index in [9.17, 15) is 0 Å². The van der Waals surface area contributed by atoms with Crippen molar-refractivity contribution in [2.24, 2.45) is 0 Å². The summed E-state index contributed by atoms with van der Waals surface area (Å²) in [6, 6.07) is 0. The highest BCUT2D eigenvalue weighted by molar-refractivity contribution is 4.61. The molecule has 0 aliphatic carbocycles. The molecule has 0 aromatic carbocycles. The van der Waals surface area contributed by atoms with E-state index in [0.29, 0.717) is 6.42 Å². The molecule has 0 aliphatic rings. The van der Waals surface area contributed by atoms with Crippen LogP contribution < -0.4 is 0 Å². The molecule has 0 spiro atoms. The van der Waals surface area contributed by atoms with Gasteiger partial charge in [-0.1, -0.05) is 26.2 Å². The molecule has 0 heterocycles. The van der Waals surface area contributed by atoms with E-state index in [1.807, 2.05) is 0 Å². The maximum absolute atomic E-state index is 8.78. The lowest BCUT2D eigenvalue weighted by molar-refractivity contribution is 0.134. The molecule has 55 valence electrons. The molecule has 0 aliphatic heterocycles. The van der Waals surface area contributed by atoms with Gasteiger partial charge >= 0.3 is 0 Å². The third kappa shape index (κ3) is 5.80. The second-order valence-electron chi connectivity index (χ2n) is 2.21. The Kier molecular flexibility index (Phi) is 5.99. The van der Waals surface area contributed by atoms with Gasteiger partial charge in [0, 0.05) is 0 Å². The minimum atomic E-state index is -0.614. The molecular weight excluding hydrogens is 116 g/mol. The summed E-state index contributed by atoms with van der Waals surface area (Å²) in [6.45, 7) is 2.95. The van der Waals surface area contributed by atoms with E-state index in [-0.39, 0.29) is 0 Å². The van der Waals surface area contributed by atoms with Gasteiger partial charge in [-0.3, -0.25) is 0 Å². The Balaban J connectivity index is 2.88. The average Bonchev–Trinajstić information content (AvgIpc) is 1.89. The molecule has 0 amide bonds. The molecule has 0 aromatic rings. The summed E-state index contributed by atoms with van der Waals surface area (Å²) in [5.41, 5.74) is 0. The van der Waals surface area contributed by atoms with Crippen molar-refractivity contribution < 1.29 is 10.2 Å². The predicted molar refractivity (Wildman–Crippen MR) is 36.4 cm³/mol. The summed E-state index contributed by atoms with van der Waals surface area (Å²) < 4.78 is 0. The molecular formula is C7H15O2. The van der Waals surface area contributed by atoms with E-state index in [4.69, 9.17) is 10.2 Å². The van der Waals surface area contributed by atoms with Crippen molar-refractivity contribution in [3.05, 3.63) is 6.61 Å². The van der Waals surface area contributed by atoms with Crippen LogP contribution in [0.2, 0.25) is 0 Å². The van der Waals surface area contributed by atoms with Crippen molar-refractivity contribution in [2.45, 2.75) is 38.7 Å². The van der Waals surface area contributed by atoms with Gasteiger partial charge in [0.1, 0.15) is 6.61 Å². The van der Waals surface area contributed by atoms with Crippen molar-refractivity contribution in [1.82, 2.24) is 0 Å². The van der Waals surface area contributed by atoms with Crippen LogP contribution in [0.15, 0.2) is 0 Å². The largest absolute Gasteiger partial charge is 0.390 e.